The van der Waals surface area contributed by atoms with E-state index in [1.54, 1.807) is 12.4 Å². The molecular formula is C13H14N2O. The Labute approximate surface area is 94.9 Å². The molecule has 1 heterocycles. The van der Waals surface area contributed by atoms with Crippen LogP contribution in [0.5, 0.6) is 11.5 Å². The largest absolute Gasteiger partial charge is 0.457 e. The Kier molecular flexibility index (Phi) is 3.51. The van der Waals surface area contributed by atoms with E-state index >= 15 is 0 Å². The van der Waals surface area contributed by atoms with Crippen LogP contribution in [0.2, 0.25) is 0 Å². The number of benzene rings is 1. The zero-order valence-corrected chi connectivity index (χ0v) is 8.97. The first-order valence-corrected chi connectivity index (χ1v) is 5.25. The minimum atomic E-state index is 0.651. The highest BCUT2D eigenvalue weighted by molar-refractivity contribution is 5.33. The maximum absolute atomic E-state index is 5.68. The van der Waals surface area contributed by atoms with Gasteiger partial charge in [0.2, 0.25) is 0 Å². The van der Waals surface area contributed by atoms with E-state index in [1.165, 1.54) is 5.56 Å². The molecule has 0 atom stereocenters. The van der Waals surface area contributed by atoms with Gasteiger partial charge in [0.15, 0.2) is 0 Å². The topological polar surface area (TPSA) is 48.1 Å². The Bertz CT molecular complexity index is 443. The predicted octanol–water partition coefficient (Wildman–Crippen LogP) is 2.38. The first-order valence-electron chi connectivity index (χ1n) is 5.25. The number of nitrogens with zero attached hydrogens (tertiary/aromatic N) is 1. The zero-order valence-electron chi connectivity index (χ0n) is 8.97. The molecule has 82 valence electrons. The van der Waals surface area contributed by atoms with Crippen LogP contribution in [0.25, 0.3) is 0 Å². The standard InChI is InChI=1S/C13H14N2O/c14-7-4-11-2-1-3-13(10-11)16-12-5-8-15-9-6-12/h1-3,5-6,8-10H,4,7,14H2. The molecule has 0 aliphatic carbocycles. The molecule has 0 bridgehead atoms. The molecule has 2 N–H and O–H groups in total. The van der Waals surface area contributed by atoms with E-state index in [9.17, 15) is 0 Å². The number of nitrogens with two attached hydrogens (primary N) is 1. The lowest BCUT2D eigenvalue weighted by atomic mass is 10.1. The molecular weight excluding hydrogens is 200 g/mol. The van der Waals surface area contributed by atoms with Crippen LogP contribution in [-0.4, -0.2) is 11.5 Å². The third-order valence-electron chi connectivity index (χ3n) is 2.22. The molecule has 0 fully saturated rings. The molecule has 3 nitrogen and oxygen atoms in total. The molecule has 16 heavy (non-hydrogen) atoms. The molecule has 0 spiro atoms. The summed E-state index contributed by atoms with van der Waals surface area (Å²) in [6.45, 7) is 0.651. The second-order valence-electron chi connectivity index (χ2n) is 3.47. The summed E-state index contributed by atoms with van der Waals surface area (Å²) in [4.78, 5) is 3.94. The Morgan fingerprint density at radius 2 is 1.88 bits per heavy atom. The van der Waals surface area contributed by atoms with Crippen LogP contribution in [0.3, 0.4) is 0 Å². The van der Waals surface area contributed by atoms with Crippen LogP contribution in [0.4, 0.5) is 0 Å². The van der Waals surface area contributed by atoms with Crippen molar-refractivity contribution in [2.24, 2.45) is 5.73 Å². The molecule has 3 heteroatoms. The number of rotatable bonds is 4. The van der Waals surface area contributed by atoms with Crippen molar-refractivity contribution < 1.29 is 4.74 Å². The van der Waals surface area contributed by atoms with Crippen LogP contribution < -0.4 is 10.5 Å². The Balaban J connectivity index is 2.12. The van der Waals surface area contributed by atoms with E-state index in [1.807, 2.05) is 36.4 Å². The molecule has 0 unspecified atom stereocenters. The van der Waals surface area contributed by atoms with Gasteiger partial charge in [0.25, 0.3) is 0 Å². The highest BCUT2D eigenvalue weighted by Crippen LogP contribution is 2.21. The molecule has 0 radical (unpaired) electrons. The van der Waals surface area contributed by atoms with Gasteiger partial charge in [-0.25, -0.2) is 0 Å². The van der Waals surface area contributed by atoms with E-state index < -0.39 is 0 Å². The minimum absolute atomic E-state index is 0.651. The molecule has 0 aliphatic rings. The second-order valence-corrected chi connectivity index (χ2v) is 3.47. The molecule has 1 aromatic heterocycles. The lowest BCUT2D eigenvalue weighted by Crippen LogP contribution is -2.02. The summed E-state index contributed by atoms with van der Waals surface area (Å²) in [7, 11) is 0. The second kappa shape index (κ2) is 5.28. The third-order valence-corrected chi connectivity index (χ3v) is 2.22. The van der Waals surface area contributed by atoms with Crippen molar-refractivity contribution in [1.29, 1.82) is 0 Å². The van der Waals surface area contributed by atoms with Crippen molar-refractivity contribution in [2.45, 2.75) is 6.42 Å². The fourth-order valence-corrected chi connectivity index (χ4v) is 1.47. The van der Waals surface area contributed by atoms with E-state index in [0.29, 0.717) is 6.54 Å². The summed E-state index contributed by atoms with van der Waals surface area (Å²) < 4.78 is 5.68. The van der Waals surface area contributed by atoms with E-state index in [4.69, 9.17) is 10.5 Å². The fourth-order valence-electron chi connectivity index (χ4n) is 1.47. The van der Waals surface area contributed by atoms with Crippen molar-refractivity contribution >= 4 is 0 Å². The van der Waals surface area contributed by atoms with Crippen molar-refractivity contribution in [2.75, 3.05) is 6.54 Å². The molecule has 1 aromatic carbocycles. The lowest BCUT2D eigenvalue weighted by Gasteiger charge is -2.06. The maximum atomic E-state index is 5.68. The molecule has 0 aliphatic heterocycles. The minimum Gasteiger partial charge on any atom is -0.457 e. The summed E-state index contributed by atoms with van der Waals surface area (Å²) in [5.41, 5.74) is 6.70. The van der Waals surface area contributed by atoms with Crippen LogP contribution in [0.1, 0.15) is 5.56 Å². The summed E-state index contributed by atoms with van der Waals surface area (Å²) in [5.74, 6) is 1.62. The Morgan fingerprint density at radius 3 is 2.62 bits per heavy atom. The summed E-state index contributed by atoms with van der Waals surface area (Å²) in [6.07, 6.45) is 4.28. The first kappa shape index (κ1) is 10.6. The van der Waals surface area contributed by atoms with Gasteiger partial charge in [-0.15, -0.1) is 0 Å². The average Bonchev–Trinajstić information content (AvgIpc) is 2.31. The normalized spacial score (nSPS) is 10.1. The third kappa shape index (κ3) is 2.81. The quantitative estimate of drug-likeness (QED) is 0.850. The first-order chi connectivity index (χ1) is 7.88. The van der Waals surface area contributed by atoms with Gasteiger partial charge in [-0.3, -0.25) is 4.98 Å². The SMILES string of the molecule is NCCc1cccc(Oc2ccncc2)c1. The Hall–Kier alpha value is -1.87. The average molecular weight is 214 g/mol. The van der Waals surface area contributed by atoms with Crippen LogP contribution >= 0.6 is 0 Å². The van der Waals surface area contributed by atoms with Gasteiger partial charge in [-0.2, -0.15) is 0 Å². The molecule has 2 aromatic rings. The predicted molar refractivity (Wildman–Crippen MR) is 63.5 cm³/mol. The van der Waals surface area contributed by atoms with Gasteiger partial charge in [-0.1, -0.05) is 12.1 Å². The highest BCUT2D eigenvalue weighted by atomic mass is 16.5. The van der Waals surface area contributed by atoms with Crippen LogP contribution in [-0.2, 0) is 6.42 Å². The van der Waals surface area contributed by atoms with Crippen molar-refractivity contribution in [1.82, 2.24) is 4.98 Å². The number of hydrogen-bond acceptors (Lipinski definition) is 3. The lowest BCUT2D eigenvalue weighted by molar-refractivity contribution is 0.481. The summed E-state index contributed by atoms with van der Waals surface area (Å²) >= 11 is 0. The summed E-state index contributed by atoms with van der Waals surface area (Å²) in [5, 5.41) is 0. The van der Waals surface area contributed by atoms with E-state index in [2.05, 4.69) is 4.98 Å². The van der Waals surface area contributed by atoms with Crippen molar-refractivity contribution in [3.63, 3.8) is 0 Å². The number of pyridine rings is 1. The summed E-state index contributed by atoms with van der Waals surface area (Å²) in [6, 6.07) is 11.6. The zero-order chi connectivity index (χ0) is 11.2. The van der Waals surface area contributed by atoms with Gasteiger partial charge in [-0.05, 0) is 42.8 Å². The molecule has 0 saturated carbocycles. The van der Waals surface area contributed by atoms with Crippen LogP contribution in [0.15, 0.2) is 48.8 Å². The van der Waals surface area contributed by atoms with Gasteiger partial charge >= 0.3 is 0 Å². The van der Waals surface area contributed by atoms with Crippen molar-refractivity contribution in [3.05, 3.63) is 54.4 Å². The van der Waals surface area contributed by atoms with Gasteiger partial charge < -0.3 is 10.5 Å². The fraction of sp³-hybridized carbons (Fsp3) is 0.154. The Morgan fingerprint density at radius 1 is 1.06 bits per heavy atom. The molecule has 2 rings (SSSR count). The van der Waals surface area contributed by atoms with Crippen molar-refractivity contribution in [3.8, 4) is 11.5 Å². The molecule has 0 amide bonds. The van der Waals surface area contributed by atoms with Crippen LogP contribution in [0, 0.1) is 0 Å². The van der Waals surface area contributed by atoms with Gasteiger partial charge in [0.1, 0.15) is 11.5 Å². The highest BCUT2D eigenvalue weighted by Gasteiger charge is 1.98. The van der Waals surface area contributed by atoms with E-state index in [0.717, 1.165) is 17.9 Å². The molecule has 0 saturated heterocycles. The van der Waals surface area contributed by atoms with Gasteiger partial charge in [0, 0.05) is 12.4 Å². The number of ether oxygens (including phenoxy) is 1. The number of hydrogen-bond donors (Lipinski definition) is 1. The number of aromatic nitrogens is 1. The van der Waals surface area contributed by atoms with Gasteiger partial charge in [0.05, 0.1) is 0 Å². The smallest absolute Gasteiger partial charge is 0.130 e. The monoisotopic (exact) mass is 214 g/mol. The maximum Gasteiger partial charge on any atom is 0.130 e. The van der Waals surface area contributed by atoms with E-state index in [-0.39, 0.29) is 0 Å².